The fourth-order valence-corrected chi connectivity index (χ4v) is 4.61. The van der Waals surface area contributed by atoms with Gasteiger partial charge in [-0.3, -0.25) is 4.79 Å². The van der Waals surface area contributed by atoms with E-state index in [1.807, 2.05) is 0 Å². The third-order valence-corrected chi connectivity index (χ3v) is 6.48. The summed E-state index contributed by atoms with van der Waals surface area (Å²) in [6.07, 6.45) is 0.204. The molecule has 154 valence electrons. The number of hydrogen-bond acceptors (Lipinski definition) is 4. The van der Waals surface area contributed by atoms with E-state index in [4.69, 9.17) is 11.6 Å². The Balaban J connectivity index is 1.82. The molecular formula is C19H18ClF3N4OS. The number of thiophene rings is 1. The zero-order chi connectivity index (χ0) is 20.8. The van der Waals surface area contributed by atoms with E-state index in [-0.39, 0.29) is 28.1 Å². The van der Waals surface area contributed by atoms with E-state index in [0.29, 0.717) is 9.39 Å². The number of rotatable bonds is 3. The van der Waals surface area contributed by atoms with Gasteiger partial charge < -0.3 is 4.90 Å². The molecule has 3 heterocycles. The first-order valence-electron chi connectivity index (χ1n) is 9.25. The highest BCUT2D eigenvalue weighted by molar-refractivity contribution is 7.13. The van der Waals surface area contributed by atoms with E-state index in [1.54, 1.807) is 29.5 Å². The van der Waals surface area contributed by atoms with Crippen molar-refractivity contribution in [3.63, 3.8) is 0 Å². The molecule has 0 aliphatic heterocycles. The summed E-state index contributed by atoms with van der Waals surface area (Å²) < 4.78 is 41.7. The predicted molar refractivity (Wildman–Crippen MR) is 105 cm³/mol. The van der Waals surface area contributed by atoms with E-state index in [1.165, 1.54) is 11.3 Å². The van der Waals surface area contributed by atoms with Gasteiger partial charge in [0.2, 0.25) is 0 Å². The van der Waals surface area contributed by atoms with E-state index in [2.05, 4.69) is 10.1 Å². The van der Waals surface area contributed by atoms with Gasteiger partial charge in [-0.2, -0.15) is 18.3 Å². The summed E-state index contributed by atoms with van der Waals surface area (Å²) >= 11 is 7.60. The Bertz CT molecular complexity index is 1040. The molecule has 5 nitrogen and oxygen atoms in total. The minimum Gasteiger partial charge on any atom is -0.337 e. The highest BCUT2D eigenvalue weighted by Crippen LogP contribution is 2.36. The van der Waals surface area contributed by atoms with Crippen molar-refractivity contribution in [3.8, 4) is 10.6 Å². The summed E-state index contributed by atoms with van der Waals surface area (Å²) in [5.74, 6) is -0.488. The van der Waals surface area contributed by atoms with Crippen molar-refractivity contribution in [1.29, 1.82) is 0 Å². The van der Waals surface area contributed by atoms with Gasteiger partial charge in [0.1, 0.15) is 5.02 Å². The molecule has 0 atom stereocenters. The van der Waals surface area contributed by atoms with Gasteiger partial charge in [-0.25, -0.2) is 9.50 Å². The van der Waals surface area contributed by atoms with E-state index >= 15 is 0 Å². The molecule has 1 fully saturated rings. The smallest absolute Gasteiger partial charge is 0.337 e. The van der Waals surface area contributed by atoms with Gasteiger partial charge in [0.15, 0.2) is 17.0 Å². The monoisotopic (exact) mass is 442 g/mol. The standard InChI is InChI=1S/C19H18ClF3N4OS/c1-26(11-6-3-2-4-7-11)18(28)16-15(20)17-24-12(13-8-5-9-29-13)10-14(19(21,22)23)27(17)25-16/h5,8-11H,2-4,6-7H2,1H3. The molecule has 3 aromatic rings. The van der Waals surface area contributed by atoms with Crippen LogP contribution in [0.3, 0.4) is 0 Å². The van der Waals surface area contributed by atoms with Crippen molar-refractivity contribution in [3.05, 3.63) is 40.0 Å². The van der Waals surface area contributed by atoms with Crippen LogP contribution in [0, 0.1) is 0 Å². The molecule has 1 aliphatic carbocycles. The van der Waals surface area contributed by atoms with Crippen LogP contribution in [-0.2, 0) is 6.18 Å². The quantitative estimate of drug-likeness (QED) is 0.535. The summed E-state index contributed by atoms with van der Waals surface area (Å²) in [6.45, 7) is 0. The molecule has 3 aromatic heterocycles. The minimum absolute atomic E-state index is 0.0360. The number of fused-ring (bicyclic) bond motifs is 1. The molecule has 0 saturated heterocycles. The van der Waals surface area contributed by atoms with Crippen molar-refractivity contribution in [2.75, 3.05) is 7.05 Å². The summed E-state index contributed by atoms with van der Waals surface area (Å²) in [6, 6.07) is 4.37. The number of hydrogen-bond donors (Lipinski definition) is 0. The van der Waals surface area contributed by atoms with Gasteiger partial charge in [-0.1, -0.05) is 36.9 Å². The Kier molecular flexibility index (Phi) is 5.29. The van der Waals surface area contributed by atoms with Crippen LogP contribution in [0.4, 0.5) is 13.2 Å². The molecule has 1 amide bonds. The van der Waals surface area contributed by atoms with Crippen LogP contribution in [0.1, 0.15) is 48.3 Å². The predicted octanol–water partition coefficient (Wildman–Crippen LogP) is 5.53. The first kappa shape index (κ1) is 20.2. The maximum absolute atomic E-state index is 13.7. The minimum atomic E-state index is -4.68. The second kappa shape index (κ2) is 7.60. The zero-order valence-corrected chi connectivity index (χ0v) is 17.1. The Morgan fingerprint density at radius 1 is 1.31 bits per heavy atom. The Hall–Kier alpha value is -2.13. The third-order valence-electron chi connectivity index (χ3n) is 5.24. The van der Waals surface area contributed by atoms with Crippen molar-refractivity contribution >= 4 is 34.5 Å². The molecule has 29 heavy (non-hydrogen) atoms. The first-order valence-corrected chi connectivity index (χ1v) is 10.5. The van der Waals surface area contributed by atoms with Crippen molar-refractivity contribution in [2.24, 2.45) is 0 Å². The first-order chi connectivity index (χ1) is 13.8. The van der Waals surface area contributed by atoms with E-state index in [0.717, 1.165) is 38.2 Å². The largest absolute Gasteiger partial charge is 0.433 e. The van der Waals surface area contributed by atoms with Crippen LogP contribution in [0.25, 0.3) is 16.2 Å². The molecule has 1 aliphatic rings. The fourth-order valence-electron chi connectivity index (χ4n) is 3.68. The molecule has 0 radical (unpaired) electrons. The van der Waals surface area contributed by atoms with Gasteiger partial charge in [0.25, 0.3) is 5.91 Å². The SMILES string of the molecule is CN(C(=O)c1nn2c(C(F)(F)F)cc(-c3cccs3)nc2c1Cl)C1CCCCC1. The summed E-state index contributed by atoms with van der Waals surface area (Å²) in [5, 5.41) is 5.52. The average molecular weight is 443 g/mol. The van der Waals surface area contributed by atoms with Crippen LogP contribution >= 0.6 is 22.9 Å². The summed E-state index contributed by atoms with van der Waals surface area (Å²) in [4.78, 5) is 19.4. The second-order valence-corrected chi connectivity index (χ2v) is 8.43. The summed E-state index contributed by atoms with van der Waals surface area (Å²) in [7, 11) is 1.65. The highest BCUT2D eigenvalue weighted by Gasteiger charge is 2.37. The molecule has 0 spiro atoms. The molecule has 4 rings (SSSR count). The number of carbonyl (C=O) groups excluding carboxylic acids is 1. The van der Waals surface area contributed by atoms with Gasteiger partial charge >= 0.3 is 6.18 Å². The van der Waals surface area contributed by atoms with Gasteiger partial charge in [-0.05, 0) is 30.4 Å². The van der Waals surface area contributed by atoms with Crippen LogP contribution < -0.4 is 0 Å². The molecule has 0 aromatic carbocycles. The highest BCUT2D eigenvalue weighted by atomic mass is 35.5. The molecule has 10 heteroatoms. The topological polar surface area (TPSA) is 50.5 Å². The van der Waals surface area contributed by atoms with Crippen LogP contribution in [-0.4, -0.2) is 38.5 Å². The van der Waals surface area contributed by atoms with Crippen molar-refractivity contribution in [1.82, 2.24) is 19.5 Å². The number of nitrogens with zero attached hydrogens (tertiary/aromatic N) is 4. The lowest BCUT2D eigenvalue weighted by molar-refractivity contribution is -0.142. The number of alkyl halides is 3. The van der Waals surface area contributed by atoms with Gasteiger partial charge in [-0.15, -0.1) is 11.3 Å². The Morgan fingerprint density at radius 2 is 2.03 bits per heavy atom. The average Bonchev–Trinajstić information content (AvgIpc) is 3.35. The lowest BCUT2D eigenvalue weighted by Gasteiger charge is -2.30. The molecule has 0 bridgehead atoms. The number of amides is 1. The maximum Gasteiger partial charge on any atom is 0.433 e. The molecular weight excluding hydrogens is 425 g/mol. The molecule has 0 N–H and O–H groups in total. The van der Waals surface area contributed by atoms with Crippen LogP contribution in [0.15, 0.2) is 23.6 Å². The second-order valence-electron chi connectivity index (χ2n) is 7.11. The van der Waals surface area contributed by atoms with E-state index in [9.17, 15) is 18.0 Å². The van der Waals surface area contributed by atoms with Crippen molar-refractivity contribution in [2.45, 2.75) is 44.3 Å². The number of halogens is 4. The van der Waals surface area contributed by atoms with Crippen LogP contribution in [0.2, 0.25) is 5.02 Å². The van der Waals surface area contributed by atoms with Gasteiger partial charge in [0.05, 0.1) is 10.6 Å². The Labute approximate surface area is 174 Å². The number of carbonyl (C=O) groups is 1. The number of aromatic nitrogens is 3. The molecule has 0 unspecified atom stereocenters. The fraction of sp³-hybridized carbons (Fsp3) is 0.421. The lowest BCUT2D eigenvalue weighted by Crippen LogP contribution is -2.38. The Morgan fingerprint density at radius 3 is 2.66 bits per heavy atom. The normalized spacial score (nSPS) is 15.8. The van der Waals surface area contributed by atoms with Gasteiger partial charge in [0, 0.05) is 13.1 Å². The van der Waals surface area contributed by atoms with Crippen molar-refractivity contribution < 1.29 is 18.0 Å². The third kappa shape index (κ3) is 3.73. The lowest BCUT2D eigenvalue weighted by atomic mass is 9.94. The van der Waals surface area contributed by atoms with Crippen LogP contribution in [0.5, 0.6) is 0 Å². The summed E-state index contributed by atoms with van der Waals surface area (Å²) in [5.41, 5.74) is -1.26. The zero-order valence-electron chi connectivity index (χ0n) is 15.5. The maximum atomic E-state index is 13.7. The van der Waals surface area contributed by atoms with E-state index < -0.39 is 17.8 Å². The molecule has 1 saturated carbocycles.